The number of benzene rings is 1. The standard InChI is InChI=1S/C12H11Cl2NO/c13-7-12-15-11(8-16-12)6-3-9-1-4-10(14)5-2-9/h1-2,4-5,8H,3,6-7H2. The molecule has 4 heteroatoms. The average molecular weight is 256 g/mol. The van der Waals surface area contributed by atoms with Gasteiger partial charge in [0.1, 0.15) is 6.26 Å². The molecule has 16 heavy (non-hydrogen) atoms. The van der Waals surface area contributed by atoms with Crippen molar-refractivity contribution < 1.29 is 4.42 Å². The molecule has 0 aliphatic carbocycles. The van der Waals surface area contributed by atoms with Crippen LogP contribution in [0.2, 0.25) is 5.02 Å². The van der Waals surface area contributed by atoms with E-state index >= 15 is 0 Å². The van der Waals surface area contributed by atoms with Gasteiger partial charge < -0.3 is 4.42 Å². The van der Waals surface area contributed by atoms with E-state index in [2.05, 4.69) is 4.98 Å². The highest BCUT2D eigenvalue weighted by Crippen LogP contribution is 2.12. The normalized spacial score (nSPS) is 10.6. The molecule has 1 aromatic carbocycles. The Hall–Kier alpha value is -0.990. The predicted molar refractivity (Wildman–Crippen MR) is 64.9 cm³/mol. The van der Waals surface area contributed by atoms with E-state index in [1.54, 1.807) is 6.26 Å². The molecule has 2 rings (SSSR count). The van der Waals surface area contributed by atoms with Crippen molar-refractivity contribution in [2.45, 2.75) is 18.7 Å². The zero-order valence-electron chi connectivity index (χ0n) is 8.62. The van der Waals surface area contributed by atoms with E-state index < -0.39 is 0 Å². The average Bonchev–Trinajstić information content (AvgIpc) is 2.76. The van der Waals surface area contributed by atoms with Crippen molar-refractivity contribution in [2.75, 3.05) is 0 Å². The number of hydrogen-bond donors (Lipinski definition) is 0. The van der Waals surface area contributed by atoms with Gasteiger partial charge in [0.25, 0.3) is 0 Å². The maximum atomic E-state index is 5.81. The minimum absolute atomic E-state index is 0.320. The van der Waals surface area contributed by atoms with Gasteiger partial charge in [0.2, 0.25) is 5.89 Å². The number of rotatable bonds is 4. The molecule has 1 heterocycles. The smallest absolute Gasteiger partial charge is 0.209 e. The van der Waals surface area contributed by atoms with Crippen molar-refractivity contribution in [3.05, 3.63) is 52.7 Å². The third-order valence-corrected chi connectivity index (χ3v) is 2.78. The van der Waals surface area contributed by atoms with E-state index in [9.17, 15) is 0 Å². The van der Waals surface area contributed by atoms with Crippen LogP contribution < -0.4 is 0 Å². The fraction of sp³-hybridized carbons (Fsp3) is 0.250. The van der Waals surface area contributed by atoms with Crippen molar-refractivity contribution >= 4 is 23.2 Å². The van der Waals surface area contributed by atoms with Gasteiger partial charge >= 0.3 is 0 Å². The number of aromatic nitrogens is 1. The van der Waals surface area contributed by atoms with Crippen LogP contribution in [0.15, 0.2) is 34.9 Å². The number of alkyl halides is 1. The molecule has 0 N–H and O–H groups in total. The summed E-state index contributed by atoms with van der Waals surface area (Å²) < 4.78 is 5.16. The summed E-state index contributed by atoms with van der Waals surface area (Å²) in [5, 5.41) is 0.759. The van der Waals surface area contributed by atoms with E-state index in [0.717, 1.165) is 23.6 Å². The zero-order chi connectivity index (χ0) is 11.4. The molecule has 0 saturated heterocycles. The molecule has 0 spiro atoms. The zero-order valence-corrected chi connectivity index (χ0v) is 10.1. The molecule has 1 aromatic heterocycles. The van der Waals surface area contributed by atoms with E-state index in [4.69, 9.17) is 27.6 Å². The van der Waals surface area contributed by atoms with Gasteiger partial charge in [-0.15, -0.1) is 11.6 Å². The first kappa shape index (κ1) is 11.5. The number of halogens is 2. The largest absolute Gasteiger partial charge is 0.447 e. The first-order valence-corrected chi connectivity index (χ1v) is 5.93. The van der Waals surface area contributed by atoms with Crippen LogP contribution in [-0.4, -0.2) is 4.98 Å². The maximum absolute atomic E-state index is 5.81. The second kappa shape index (κ2) is 5.37. The summed E-state index contributed by atoms with van der Waals surface area (Å²) in [6, 6.07) is 7.82. The third kappa shape index (κ3) is 3.00. The molecule has 2 aromatic rings. The van der Waals surface area contributed by atoms with Gasteiger partial charge in [-0.05, 0) is 30.5 Å². The van der Waals surface area contributed by atoms with Gasteiger partial charge in [-0.3, -0.25) is 0 Å². The predicted octanol–water partition coefficient (Wildman–Crippen LogP) is 3.85. The Bertz CT molecular complexity index is 450. The fourth-order valence-corrected chi connectivity index (χ4v) is 1.70. The van der Waals surface area contributed by atoms with E-state index in [1.807, 2.05) is 24.3 Å². The molecule has 0 saturated carbocycles. The molecule has 2 nitrogen and oxygen atoms in total. The summed E-state index contributed by atoms with van der Waals surface area (Å²) in [6.07, 6.45) is 3.43. The summed E-state index contributed by atoms with van der Waals surface area (Å²) in [4.78, 5) is 4.24. The first-order chi connectivity index (χ1) is 7.78. The maximum Gasteiger partial charge on any atom is 0.209 e. The summed E-state index contributed by atoms with van der Waals surface area (Å²) in [6.45, 7) is 0. The third-order valence-electron chi connectivity index (χ3n) is 2.30. The van der Waals surface area contributed by atoms with Crippen LogP contribution >= 0.6 is 23.2 Å². The lowest BCUT2D eigenvalue weighted by molar-refractivity contribution is 0.515. The highest BCUT2D eigenvalue weighted by Gasteiger charge is 2.02. The molecule has 0 aliphatic rings. The van der Waals surface area contributed by atoms with Crippen molar-refractivity contribution in [2.24, 2.45) is 0 Å². The van der Waals surface area contributed by atoms with Gasteiger partial charge in [-0.2, -0.15) is 0 Å². The van der Waals surface area contributed by atoms with Gasteiger partial charge in [-0.25, -0.2) is 4.98 Å². The highest BCUT2D eigenvalue weighted by molar-refractivity contribution is 6.30. The SMILES string of the molecule is ClCc1nc(CCc2ccc(Cl)cc2)co1. The van der Waals surface area contributed by atoms with Crippen LogP contribution in [-0.2, 0) is 18.7 Å². The fourth-order valence-electron chi connectivity index (χ4n) is 1.45. The van der Waals surface area contributed by atoms with E-state index in [1.165, 1.54) is 5.56 Å². The monoisotopic (exact) mass is 255 g/mol. The summed E-state index contributed by atoms with van der Waals surface area (Å²) in [5.41, 5.74) is 2.17. The number of nitrogens with zero attached hydrogens (tertiary/aromatic N) is 1. The van der Waals surface area contributed by atoms with Gasteiger partial charge in [0, 0.05) is 5.02 Å². The van der Waals surface area contributed by atoms with Gasteiger partial charge in [0.15, 0.2) is 0 Å². The Morgan fingerprint density at radius 1 is 1.12 bits per heavy atom. The minimum Gasteiger partial charge on any atom is -0.447 e. The van der Waals surface area contributed by atoms with E-state index in [-0.39, 0.29) is 0 Å². The number of aryl methyl sites for hydroxylation is 2. The molecule has 0 unspecified atom stereocenters. The Labute approximate surface area is 104 Å². The Balaban J connectivity index is 1.94. The number of oxazole rings is 1. The van der Waals surface area contributed by atoms with Crippen molar-refractivity contribution in [1.82, 2.24) is 4.98 Å². The highest BCUT2D eigenvalue weighted by atomic mass is 35.5. The molecular formula is C12H11Cl2NO. The molecule has 0 aliphatic heterocycles. The molecule has 0 bridgehead atoms. The second-order valence-corrected chi connectivity index (χ2v) is 4.20. The molecule has 84 valence electrons. The van der Waals surface area contributed by atoms with Crippen LogP contribution in [0.25, 0.3) is 0 Å². The van der Waals surface area contributed by atoms with Crippen LogP contribution in [0.1, 0.15) is 17.1 Å². The topological polar surface area (TPSA) is 26.0 Å². The molecule has 0 atom stereocenters. The lowest BCUT2D eigenvalue weighted by Gasteiger charge is -1.98. The van der Waals surface area contributed by atoms with Crippen LogP contribution in [0, 0.1) is 0 Å². The van der Waals surface area contributed by atoms with Crippen molar-refractivity contribution in [1.29, 1.82) is 0 Å². The van der Waals surface area contributed by atoms with Crippen LogP contribution in [0.3, 0.4) is 0 Å². The minimum atomic E-state index is 0.320. The van der Waals surface area contributed by atoms with Gasteiger partial charge in [-0.1, -0.05) is 23.7 Å². The molecule has 0 amide bonds. The first-order valence-electron chi connectivity index (χ1n) is 5.01. The Kier molecular flexibility index (Phi) is 3.86. The van der Waals surface area contributed by atoms with E-state index in [0.29, 0.717) is 11.8 Å². The van der Waals surface area contributed by atoms with Crippen molar-refractivity contribution in [3.8, 4) is 0 Å². The lowest BCUT2D eigenvalue weighted by atomic mass is 10.1. The summed E-state index contributed by atoms with van der Waals surface area (Å²) in [5.74, 6) is 0.897. The lowest BCUT2D eigenvalue weighted by Crippen LogP contribution is -1.91. The quantitative estimate of drug-likeness (QED) is 0.776. The Morgan fingerprint density at radius 3 is 2.50 bits per heavy atom. The summed E-state index contributed by atoms with van der Waals surface area (Å²) >= 11 is 11.4. The Morgan fingerprint density at radius 2 is 1.88 bits per heavy atom. The summed E-state index contributed by atoms with van der Waals surface area (Å²) in [7, 11) is 0. The molecular weight excluding hydrogens is 245 g/mol. The van der Waals surface area contributed by atoms with Crippen LogP contribution in [0.5, 0.6) is 0 Å². The van der Waals surface area contributed by atoms with Crippen LogP contribution in [0.4, 0.5) is 0 Å². The second-order valence-electron chi connectivity index (χ2n) is 3.49. The van der Waals surface area contributed by atoms with Crippen molar-refractivity contribution in [3.63, 3.8) is 0 Å². The molecule has 0 radical (unpaired) electrons. The van der Waals surface area contributed by atoms with Gasteiger partial charge in [0.05, 0.1) is 11.6 Å². The number of hydrogen-bond acceptors (Lipinski definition) is 2. The molecule has 0 fully saturated rings.